The summed E-state index contributed by atoms with van der Waals surface area (Å²) in [5.41, 5.74) is 1.06. The van der Waals surface area contributed by atoms with Crippen LogP contribution in [0.2, 0.25) is 0 Å². The summed E-state index contributed by atoms with van der Waals surface area (Å²) in [5, 5.41) is 0. The largest absolute Gasteiger partial charge is 0.342 e. The topological polar surface area (TPSA) is 54.5 Å². The molecule has 120 valence electrons. The predicted molar refractivity (Wildman–Crippen MR) is 81.7 cm³/mol. The van der Waals surface area contributed by atoms with Gasteiger partial charge in [-0.3, -0.25) is 4.79 Å². The van der Waals surface area contributed by atoms with Gasteiger partial charge in [0.15, 0.2) is 0 Å². The fourth-order valence-electron chi connectivity index (χ4n) is 3.36. The Hall–Kier alpha value is -1.43. The molecule has 2 aliphatic heterocycles. The number of likely N-dealkylation sites (tertiary alicyclic amines) is 1. The molecule has 0 N–H and O–H groups in total. The van der Waals surface area contributed by atoms with Crippen LogP contribution in [0.4, 0.5) is 4.39 Å². The fourth-order valence-corrected chi connectivity index (χ4v) is 4.85. The van der Waals surface area contributed by atoms with Gasteiger partial charge in [0.1, 0.15) is 15.7 Å². The molecule has 0 saturated carbocycles. The monoisotopic (exact) mass is 325 g/mol. The molecular formula is C16H20FNO3S. The molecule has 1 aromatic rings. The van der Waals surface area contributed by atoms with Crippen molar-refractivity contribution < 1.29 is 17.6 Å². The first-order valence-corrected chi connectivity index (χ1v) is 9.51. The van der Waals surface area contributed by atoms with Crippen molar-refractivity contribution in [3.63, 3.8) is 0 Å². The van der Waals surface area contributed by atoms with Gasteiger partial charge in [0, 0.05) is 24.9 Å². The minimum atomic E-state index is -2.94. The van der Waals surface area contributed by atoms with Crippen molar-refractivity contribution in [2.75, 3.05) is 24.6 Å². The third kappa shape index (κ3) is 3.32. The van der Waals surface area contributed by atoms with Gasteiger partial charge in [-0.1, -0.05) is 12.1 Å². The lowest BCUT2D eigenvalue weighted by atomic mass is 9.98. The van der Waals surface area contributed by atoms with Gasteiger partial charge in [-0.2, -0.15) is 0 Å². The molecular weight excluding hydrogens is 305 g/mol. The summed E-state index contributed by atoms with van der Waals surface area (Å²) in [4.78, 5) is 14.4. The van der Waals surface area contributed by atoms with E-state index in [1.165, 1.54) is 12.1 Å². The standard InChI is InChI=1S/C16H20FNO3S/c17-15-3-1-12(2-4-15)14-5-8-18(11-14)16(19)13-6-9-22(20,21)10-7-13/h1-4,13-14H,5-11H2/t14-/m1/s1. The number of halogens is 1. The first-order chi connectivity index (χ1) is 10.4. The Morgan fingerprint density at radius 1 is 1.09 bits per heavy atom. The molecule has 4 nitrogen and oxygen atoms in total. The molecule has 0 spiro atoms. The van der Waals surface area contributed by atoms with Gasteiger partial charge in [0.2, 0.25) is 5.91 Å². The Balaban J connectivity index is 1.60. The Morgan fingerprint density at radius 2 is 1.73 bits per heavy atom. The van der Waals surface area contributed by atoms with Crippen molar-refractivity contribution in [1.29, 1.82) is 0 Å². The van der Waals surface area contributed by atoms with Crippen LogP contribution in [0.1, 0.15) is 30.7 Å². The fraction of sp³-hybridized carbons (Fsp3) is 0.562. The number of carbonyl (C=O) groups is 1. The van der Waals surface area contributed by atoms with Crippen molar-refractivity contribution in [2.24, 2.45) is 5.92 Å². The highest BCUT2D eigenvalue weighted by atomic mass is 32.2. The van der Waals surface area contributed by atoms with Crippen LogP contribution in [-0.4, -0.2) is 43.8 Å². The Kier molecular flexibility index (Phi) is 4.21. The second-order valence-corrected chi connectivity index (χ2v) is 8.55. The molecule has 0 aliphatic carbocycles. The lowest BCUT2D eigenvalue weighted by Crippen LogP contribution is -2.38. The lowest BCUT2D eigenvalue weighted by Gasteiger charge is -2.26. The average molecular weight is 325 g/mol. The highest BCUT2D eigenvalue weighted by Gasteiger charge is 2.34. The molecule has 0 bridgehead atoms. The second-order valence-electron chi connectivity index (χ2n) is 6.25. The molecule has 6 heteroatoms. The van der Waals surface area contributed by atoms with Crippen LogP contribution in [0.3, 0.4) is 0 Å². The van der Waals surface area contributed by atoms with Crippen LogP contribution >= 0.6 is 0 Å². The number of rotatable bonds is 2. The SMILES string of the molecule is O=C(C1CCS(=O)(=O)CC1)N1CC[C@@H](c2ccc(F)cc2)C1. The number of nitrogens with zero attached hydrogens (tertiary/aromatic N) is 1. The molecule has 1 amide bonds. The molecule has 1 aromatic carbocycles. The molecule has 0 unspecified atom stereocenters. The molecule has 22 heavy (non-hydrogen) atoms. The van der Waals surface area contributed by atoms with Gasteiger partial charge < -0.3 is 4.90 Å². The van der Waals surface area contributed by atoms with E-state index in [9.17, 15) is 17.6 Å². The van der Waals surface area contributed by atoms with Gasteiger partial charge >= 0.3 is 0 Å². The minimum absolute atomic E-state index is 0.0829. The van der Waals surface area contributed by atoms with Crippen molar-refractivity contribution in [2.45, 2.75) is 25.2 Å². The van der Waals surface area contributed by atoms with Gasteiger partial charge in [-0.25, -0.2) is 12.8 Å². The summed E-state index contributed by atoms with van der Waals surface area (Å²) < 4.78 is 35.9. The maximum Gasteiger partial charge on any atom is 0.225 e. The van der Waals surface area contributed by atoms with E-state index in [0.29, 0.717) is 25.9 Å². The second kappa shape index (κ2) is 5.99. The van der Waals surface area contributed by atoms with E-state index in [2.05, 4.69) is 0 Å². The average Bonchev–Trinajstić information content (AvgIpc) is 2.97. The third-order valence-electron chi connectivity index (χ3n) is 4.75. The van der Waals surface area contributed by atoms with E-state index in [1.54, 1.807) is 12.1 Å². The molecule has 2 fully saturated rings. The van der Waals surface area contributed by atoms with Crippen molar-refractivity contribution in [3.8, 4) is 0 Å². The van der Waals surface area contributed by atoms with E-state index in [-0.39, 0.29) is 35.1 Å². The van der Waals surface area contributed by atoms with E-state index >= 15 is 0 Å². The van der Waals surface area contributed by atoms with E-state index < -0.39 is 9.84 Å². The summed E-state index contributed by atoms with van der Waals surface area (Å²) in [5.74, 6) is 0.169. The van der Waals surface area contributed by atoms with Crippen molar-refractivity contribution in [3.05, 3.63) is 35.6 Å². The Morgan fingerprint density at radius 3 is 2.36 bits per heavy atom. The predicted octanol–water partition coefficient (Wildman–Crippen LogP) is 1.97. The first kappa shape index (κ1) is 15.5. The highest BCUT2D eigenvalue weighted by molar-refractivity contribution is 7.91. The molecule has 2 aliphatic rings. The number of benzene rings is 1. The van der Waals surface area contributed by atoms with Crippen molar-refractivity contribution >= 4 is 15.7 Å². The smallest absolute Gasteiger partial charge is 0.225 e. The molecule has 2 saturated heterocycles. The van der Waals surface area contributed by atoms with E-state index in [0.717, 1.165) is 12.0 Å². The molecule has 3 rings (SSSR count). The van der Waals surface area contributed by atoms with Crippen LogP contribution < -0.4 is 0 Å². The summed E-state index contributed by atoms with van der Waals surface area (Å²) in [6.07, 6.45) is 1.76. The Bertz CT molecular complexity index is 642. The van der Waals surface area contributed by atoms with Crippen LogP contribution in [0.15, 0.2) is 24.3 Å². The summed E-state index contributed by atoms with van der Waals surface area (Å²) in [6.45, 7) is 1.35. The Labute approximate surface area is 130 Å². The number of hydrogen-bond donors (Lipinski definition) is 0. The normalized spacial score (nSPS) is 25.3. The lowest BCUT2D eigenvalue weighted by molar-refractivity contribution is -0.134. The van der Waals surface area contributed by atoms with E-state index in [4.69, 9.17) is 0 Å². The van der Waals surface area contributed by atoms with Gasteiger partial charge in [-0.05, 0) is 37.0 Å². The maximum absolute atomic E-state index is 13.0. The number of hydrogen-bond acceptors (Lipinski definition) is 3. The molecule has 0 radical (unpaired) electrons. The molecule has 2 heterocycles. The molecule has 0 aromatic heterocycles. The first-order valence-electron chi connectivity index (χ1n) is 7.69. The maximum atomic E-state index is 13.0. The summed E-state index contributed by atoms with van der Waals surface area (Å²) in [7, 11) is -2.94. The van der Waals surface area contributed by atoms with Gasteiger partial charge in [0.25, 0.3) is 0 Å². The zero-order valence-electron chi connectivity index (χ0n) is 12.4. The zero-order valence-corrected chi connectivity index (χ0v) is 13.2. The minimum Gasteiger partial charge on any atom is -0.342 e. The highest BCUT2D eigenvalue weighted by Crippen LogP contribution is 2.30. The van der Waals surface area contributed by atoms with Gasteiger partial charge in [-0.15, -0.1) is 0 Å². The van der Waals surface area contributed by atoms with Gasteiger partial charge in [0.05, 0.1) is 11.5 Å². The number of amides is 1. The third-order valence-corrected chi connectivity index (χ3v) is 6.46. The zero-order chi connectivity index (χ0) is 15.7. The van der Waals surface area contributed by atoms with Crippen molar-refractivity contribution in [1.82, 2.24) is 4.90 Å². The number of sulfone groups is 1. The number of carbonyl (C=O) groups excluding carboxylic acids is 1. The van der Waals surface area contributed by atoms with Crippen LogP contribution in [0, 0.1) is 11.7 Å². The summed E-state index contributed by atoms with van der Waals surface area (Å²) in [6, 6.07) is 6.46. The molecule has 1 atom stereocenters. The van der Waals surface area contributed by atoms with Crippen LogP contribution in [0.25, 0.3) is 0 Å². The van der Waals surface area contributed by atoms with Crippen LogP contribution in [-0.2, 0) is 14.6 Å². The van der Waals surface area contributed by atoms with E-state index in [1.807, 2.05) is 4.90 Å². The quantitative estimate of drug-likeness (QED) is 0.835. The van der Waals surface area contributed by atoms with Crippen LogP contribution in [0.5, 0.6) is 0 Å². The summed E-state index contributed by atoms with van der Waals surface area (Å²) >= 11 is 0.